The Morgan fingerprint density at radius 1 is 1.32 bits per heavy atom. The summed E-state index contributed by atoms with van der Waals surface area (Å²) in [5.41, 5.74) is 0.0210. The molecule has 0 aliphatic carbocycles. The smallest absolute Gasteiger partial charge is 0.372 e. The Balaban J connectivity index is 1.96. The topological polar surface area (TPSA) is 61.2 Å². The third-order valence-corrected chi connectivity index (χ3v) is 6.25. The number of alkyl halides is 3. The van der Waals surface area contributed by atoms with Gasteiger partial charge in [-0.2, -0.15) is 18.3 Å². The molecular formula is C19H23F3N2O3S. The number of ether oxygens (including phenoxy) is 1. The number of aromatic nitrogens is 2. The van der Waals surface area contributed by atoms with Gasteiger partial charge in [-0.3, -0.25) is 4.68 Å². The van der Waals surface area contributed by atoms with Crippen molar-refractivity contribution in [3.05, 3.63) is 47.2 Å². The molecule has 2 atom stereocenters. The third kappa shape index (κ3) is 4.10. The summed E-state index contributed by atoms with van der Waals surface area (Å²) in [6, 6.07) is 6.89. The van der Waals surface area contributed by atoms with Crippen molar-refractivity contribution in [1.29, 1.82) is 0 Å². The molecule has 0 amide bonds. The predicted molar refractivity (Wildman–Crippen MR) is 97.7 cm³/mol. The number of hydrogen-bond acceptors (Lipinski definition) is 4. The number of nitrogens with zero attached hydrogens (tertiary/aromatic N) is 2. The van der Waals surface area contributed by atoms with Crippen molar-refractivity contribution in [1.82, 2.24) is 9.78 Å². The highest BCUT2D eigenvalue weighted by Gasteiger charge is 2.38. The van der Waals surface area contributed by atoms with Gasteiger partial charge in [0.05, 0.1) is 17.4 Å². The highest BCUT2D eigenvalue weighted by molar-refractivity contribution is 7.90. The van der Waals surface area contributed by atoms with E-state index in [2.05, 4.69) is 5.10 Å². The van der Waals surface area contributed by atoms with E-state index in [1.165, 1.54) is 18.2 Å². The standard InChI is InChI=1S/C19H23F3N2O3S/c1-4-24-15(11-17(23-24)28(3,25)26)16-12-18(2,8-9-27-16)13-6-5-7-14(10-13)19(20,21)22/h5-7,10-11,16H,4,8-9,12H2,1-3H3. The van der Waals surface area contributed by atoms with Crippen molar-refractivity contribution < 1.29 is 26.3 Å². The minimum atomic E-state index is -4.40. The van der Waals surface area contributed by atoms with Gasteiger partial charge in [-0.05, 0) is 36.8 Å². The highest BCUT2D eigenvalue weighted by atomic mass is 32.2. The van der Waals surface area contributed by atoms with Crippen LogP contribution in [0.3, 0.4) is 0 Å². The summed E-state index contributed by atoms with van der Waals surface area (Å²) in [7, 11) is -3.47. The van der Waals surface area contributed by atoms with Crippen molar-refractivity contribution in [2.45, 2.75) is 56.0 Å². The zero-order chi connectivity index (χ0) is 20.7. The van der Waals surface area contributed by atoms with Crippen LogP contribution in [0.15, 0.2) is 35.4 Å². The first-order valence-electron chi connectivity index (χ1n) is 9.01. The van der Waals surface area contributed by atoms with Crippen molar-refractivity contribution >= 4 is 9.84 Å². The highest BCUT2D eigenvalue weighted by Crippen LogP contribution is 2.44. The van der Waals surface area contributed by atoms with E-state index >= 15 is 0 Å². The predicted octanol–water partition coefficient (Wildman–Crippen LogP) is 4.13. The summed E-state index contributed by atoms with van der Waals surface area (Å²) in [5, 5.41) is 4.11. The largest absolute Gasteiger partial charge is 0.416 e. The van der Waals surface area contributed by atoms with Gasteiger partial charge < -0.3 is 4.74 Å². The van der Waals surface area contributed by atoms with Gasteiger partial charge in [0.15, 0.2) is 14.9 Å². The Morgan fingerprint density at radius 2 is 2.04 bits per heavy atom. The minimum Gasteiger partial charge on any atom is -0.372 e. The second-order valence-corrected chi connectivity index (χ2v) is 9.41. The second-order valence-electron chi connectivity index (χ2n) is 7.45. The van der Waals surface area contributed by atoms with E-state index in [4.69, 9.17) is 4.74 Å². The van der Waals surface area contributed by atoms with Gasteiger partial charge in [0.1, 0.15) is 0 Å². The molecule has 3 rings (SSSR count). The van der Waals surface area contributed by atoms with Crippen LogP contribution in [-0.2, 0) is 32.7 Å². The average Bonchev–Trinajstić information content (AvgIpc) is 3.06. The molecule has 0 radical (unpaired) electrons. The number of sulfone groups is 1. The van der Waals surface area contributed by atoms with Crippen molar-refractivity contribution in [3.8, 4) is 0 Å². The van der Waals surface area contributed by atoms with E-state index in [1.807, 2.05) is 13.8 Å². The van der Waals surface area contributed by atoms with Crippen LogP contribution in [0.4, 0.5) is 13.2 Å². The molecule has 0 N–H and O–H groups in total. The summed E-state index contributed by atoms with van der Waals surface area (Å²) < 4.78 is 70.5. The van der Waals surface area contributed by atoms with Crippen LogP contribution in [0.5, 0.6) is 0 Å². The maximum Gasteiger partial charge on any atom is 0.416 e. The van der Waals surface area contributed by atoms with Crippen molar-refractivity contribution in [2.24, 2.45) is 0 Å². The molecule has 1 aliphatic rings. The van der Waals surface area contributed by atoms with Crippen LogP contribution < -0.4 is 0 Å². The quantitative estimate of drug-likeness (QED) is 0.752. The van der Waals surface area contributed by atoms with Gasteiger partial charge in [0.25, 0.3) is 0 Å². The second kappa shape index (κ2) is 7.18. The molecule has 9 heteroatoms. The molecule has 1 saturated heterocycles. The summed E-state index contributed by atoms with van der Waals surface area (Å²) in [6.07, 6.45) is -2.75. The lowest BCUT2D eigenvalue weighted by atomic mass is 9.73. The Labute approximate surface area is 162 Å². The van der Waals surface area contributed by atoms with Crippen molar-refractivity contribution in [3.63, 3.8) is 0 Å². The molecule has 2 aromatic rings. The summed E-state index contributed by atoms with van der Waals surface area (Å²) >= 11 is 0. The van der Waals surface area contributed by atoms with Gasteiger partial charge in [-0.15, -0.1) is 0 Å². The number of rotatable bonds is 4. The lowest BCUT2D eigenvalue weighted by molar-refractivity contribution is -0.137. The third-order valence-electron chi connectivity index (χ3n) is 5.29. The Morgan fingerprint density at radius 3 is 2.64 bits per heavy atom. The maximum atomic E-state index is 13.1. The maximum absolute atomic E-state index is 13.1. The fraction of sp³-hybridized carbons (Fsp3) is 0.526. The number of halogens is 3. The van der Waals surface area contributed by atoms with E-state index in [0.29, 0.717) is 37.3 Å². The van der Waals surface area contributed by atoms with E-state index in [9.17, 15) is 21.6 Å². The van der Waals surface area contributed by atoms with Crippen LogP contribution in [0.1, 0.15) is 49.6 Å². The fourth-order valence-corrected chi connectivity index (χ4v) is 4.20. The van der Waals surface area contributed by atoms with E-state index in [1.54, 1.807) is 10.7 Å². The molecular weight excluding hydrogens is 393 g/mol. The molecule has 5 nitrogen and oxygen atoms in total. The van der Waals surface area contributed by atoms with Gasteiger partial charge in [-0.1, -0.05) is 25.1 Å². The molecule has 2 unspecified atom stereocenters. The Bertz CT molecular complexity index is 969. The Hall–Kier alpha value is -1.87. The molecule has 1 aromatic carbocycles. The Kier molecular flexibility index (Phi) is 5.35. The van der Waals surface area contributed by atoms with Gasteiger partial charge in [0.2, 0.25) is 0 Å². The van der Waals surface area contributed by atoms with Crippen LogP contribution >= 0.6 is 0 Å². The zero-order valence-electron chi connectivity index (χ0n) is 16.0. The molecule has 154 valence electrons. The first-order valence-corrected chi connectivity index (χ1v) is 10.9. The molecule has 0 spiro atoms. The molecule has 1 aliphatic heterocycles. The van der Waals surface area contributed by atoms with Crippen LogP contribution in [0.2, 0.25) is 0 Å². The van der Waals surface area contributed by atoms with E-state index < -0.39 is 33.1 Å². The van der Waals surface area contributed by atoms with Gasteiger partial charge >= 0.3 is 6.18 Å². The first-order chi connectivity index (χ1) is 12.9. The number of benzene rings is 1. The average molecular weight is 416 g/mol. The monoisotopic (exact) mass is 416 g/mol. The molecule has 0 bridgehead atoms. The fourth-order valence-electron chi connectivity index (χ4n) is 3.62. The molecule has 2 heterocycles. The molecule has 28 heavy (non-hydrogen) atoms. The number of aryl methyl sites for hydroxylation is 1. The number of hydrogen-bond donors (Lipinski definition) is 0. The lowest BCUT2D eigenvalue weighted by Crippen LogP contribution is -2.33. The molecule has 1 aromatic heterocycles. The molecule has 0 saturated carbocycles. The van der Waals surface area contributed by atoms with Crippen LogP contribution in [0, 0.1) is 0 Å². The minimum absolute atomic E-state index is 0.0284. The van der Waals surface area contributed by atoms with E-state index in [-0.39, 0.29) is 5.03 Å². The van der Waals surface area contributed by atoms with E-state index in [0.717, 1.165) is 12.3 Å². The SMILES string of the molecule is CCn1nc(S(C)(=O)=O)cc1C1CC(C)(c2cccc(C(F)(F)F)c2)CCO1. The van der Waals surface area contributed by atoms with Gasteiger partial charge in [-0.25, -0.2) is 8.42 Å². The van der Waals surface area contributed by atoms with Crippen LogP contribution in [0.25, 0.3) is 0 Å². The molecule has 1 fully saturated rings. The summed E-state index contributed by atoms with van der Waals surface area (Å²) in [5.74, 6) is 0. The zero-order valence-corrected chi connectivity index (χ0v) is 16.8. The lowest BCUT2D eigenvalue weighted by Gasteiger charge is -2.39. The first kappa shape index (κ1) is 20.9. The van der Waals surface area contributed by atoms with Crippen molar-refractivity contribution in [2.75, 3.05) is 12.9 Å². The summed E-state index contributed by atoms with van der Waals surface area (Å²) in [4.78, 5) is 0. The normalized spacial score (nSPS) is 23.7. The van der Waals surface area contributed by atoms with Crippen LogP contribution in [-0.4, -0.2) is 31.1 Å². The van der Waals surface area contributed by atoms with Gasteiger partial charge in [0, 0.05) is 25.5 Å². The summed E-state index contributed by atoms with van der Waals surface area (Å²) in [6.45, 7) is 4.59.